The van der Waals surface area contributed by atoms with E-state index in [4.69, 9.17) is 14.6 Å². The molecular formula is C20H29NO5. The number of rotatable bonds is 11. The van der Waals surface area contributed by atoms with Gasteiger partial charge in [0.1, 0.15) is 5.75 Å². The Kier molecular flexibility index (Phi) is 10.1. The van der Waals surface area contributed by atoms with Gasteiger partial charge in [0.05, 0.1) is 19.1 Å². The Morgan fingerprint density at radius 1 is 1.27 bits per heavy atom. The van der Waals surface area contributed by atoms with Gasteiger partial charge in [-0.2, -0.15) is 0 Å². The lowest BCUT2D eigenvalue weighted by molar-refractivity contribution is -0.143. The number of hydrogen-bond acceptors (Lipinski definition) is 5. The molecule has 0 fully saturated rings. The van der Waals surface area contributed by atoms with Crippen LogP contribution in [0.3, 0.4) is 0 Å². The summed E-state index contributed by atoms with van der Waals surface area (Å²) in [5.74, 6) is 0.198. The van der Waals surface area contributed by atoms with E-state index >= 15 is 0 Å². The van der Waals surface area contributed by atoms with Crippen molar-refractivity contribution in [3.05, 3.63) is 35.9 Å². The van der Waals surface area contributed by atoms with E-state index in [1.165, 1.54) is 11.0 Å². The number of amides is 1. The lowest BCUT2D eigenvalue weighted by atomic mass is 10.2. The Morgan fingerprint density at radius 2 is 2.04 bits per heavy atom. The minimum atomic E-state index is -0.336. The SMILES string of the molecule is CCOC(=O)CCN(CCCO)C(=O)/C=C/c1cccc(OC(C)C)c1. The average molecular weight is 363 g/mol. The second kappa shape index (κ2) is 12.1. The van der Waals surface area contributed by atoms with Gasteiger partial charge in [-0.1, -0.05) is 12.1 Å². The number of carbonyl (C=O) groups is 2. The lowest BCUT2D eigenvalue weighted by Crippen LogP contribution is -2.33. The van der Waals surface area contributed by atoms with Gasteiger partial charge in [-0.15, -0.1) is 0 Å². The molecule has 0 heterocycles. The quantitative estimate of drug-likeness (QED) is 0.483. The van der Waals surface area contributed by atoms with E-state index in [1.54, 1.807) is 13.0 Å². The number of aliphatic hydroxyl groups is 1. The van der Waals surface area contributed by atoms with Gasteiger partial charge in [0.15, 0.2) is 0 Å². The van der Waals surface area contributed by atoms with Crippen LogP contribution >= 0.6 is 0 Å². The van der Waals surface area contributed by atoms with E-state index in [-0.39, 0.29) is 37.6 Å². The summed E-state index contributed by atoms with van der Waals surface area (Å²) in [7, 11) is 0. The fraction of sp³-hybridized carbons (Fsp3) is 0.500. The predicted octanol–water partition coefficient (Wildman–Crippen LogP) is 2.65. The number of esters is 1. The zero-order valence-electron chi connectivity index (χ0n) is 15.8. The third-order valence-electron chi connectivity index (χ3n) is 3.44. The van der Waals surface area contributed by atoms with Gasteiger partial charge in [0, 0.05) is 25.8 Å². The largest absolute Gasteiger partial charge is 0.491 e. The number of hydrogen-bond donors (Lipinski definition) is 1. The minimum Gasteiger partial charge on any atom is -0.491 e. The number of carbonyl (C=O) groups excluding carboxylic acids is 2. The maximum Gasteiger partial charge on any atom is 0.307 e. The van der Waals surface area contributed by atoms with Gasteiger partial charge < -0.3 is 19.5 Å². The molecule has 0 radical (unpaired) electrons. The second-order valence-electron chi connectivity index (χ2n) is 6.03. The van der Waals surface area contributed by atoms with Crippen molar-refractivity contribution in [2.24, 2.45) is 0 Å². The van der Waals surface area contributed by atoms with Gasteiger partial charge in [-0.05, 0) is 51.0 Å². The normalized spacial score (nSPS) is 11.0. The summed E-state index contributed by atoms with van der Waals surface area (Å²) in [5, 5.41) is 9.01. The third kappa shape index (κ3) is 8.67. The first-order valence-electron chi connectivity index (χ1n) is 8.96. The second-order valence-corrected chi connectivity index (χ2v) is 6.03. The Labute approximate surface area is 155 Å². The number of benzene rings is 1. The van der Waals surface area contributed by atoms with E-state index in [2.05, 4.69) is 0 Å². The maximum absolute atomic E-state index is 12.4. The van der Waals surface area contributed by atoms with Crippen LogP contribution in [0.5, 0.6) is 5.75 Å². The van der Waals surface area contributed by atoms with Crippen molar-refractivity contribution in [2.45, 2.75) is 39.7 Å². The molecule has 1 N–H and O–H groups in total. The average Bonchev–Trinajstić information content (AvgIpc) is 2.60. The summed E-state index contributed by atoms with van der Waals surface area (Å²) in [6, 6.07) is 7.48. The number of aliphatic hydroxyl groups excluding tert-OH is 1. The van der Waals surface area contributed by atoms with Crippen molar-refractivity contribution >= 4 is 18.0 Å². The highest BCUT2D eigenvalue weighted by atomic mass is 16.5. The van der Waals surface area contributed by atoms with Crippen molar-refractivity contribution in [1.29, 1.82) is 0 Å². The smallest absolute Gasteiger partial charge is 0.307 e. The van der Waals surface area contributed by atoms with Crippen LogP contribution in [0.1, 0.15) is 39.2 Å². The van der Waals surface area contributed by atoms with E-state index in [0.29, 0.717) is 19.6 Å². The van der Waals surface area contributed by atoms with E-state index in [0.717, 1.165) is 11.3 Å². The van der Waals surface area contributed by atoms with Crippen LogP contribution in [0.15, 0.2) is 30.3 Å². The predicted molar refractivity (Wildman–Crippen MR) is 101 cm³/mol. The summed E-state index contributed by atoms with van der Waals surface area (Å²) in [6.45, 7) is 6.60. The first-order chi connectivity index (χ1) is 12.5. The number of ether oxygens (including phenoxy) is 2. The zero-order valence-corrected chi connectivity index (χ0v) is 15.8. The molecule has 1 amide bonds. The molecule has 0 aliphatic heterocycles. The first kappa shape index (κ1) is 21.7. The maximum atomic E-state index is 12.4. The summed E-state index contributed by atoms with van der Waals surface area (Å²) >= 11 is 0. The molecule has 0 spiro atoms. The molecule has 6 nitrogen and oxygen atoms in total. The molecule has 1 rings (SSSR count). The van der Waals surface area contributed by atoms with Crippen molar-refractivity contribution in [2.75, 3.05) is 26.3 Å². The summed E-state index contributed by atoms with van der Waals surface area (Å²) in [4.78, 5) is 25.5. The molecule has 0 unspecified atom stereocenters. The lowest BCUT2D eigenvalue weighted by Gasteiger charge is -2.20. The topological polar surface area (TPSA) is 76.1 Å². The fourth-order valence-corrected chi connectivity index (χ4v) is 2.29. The molecule has 0 atom stereocenters. The highest BCUT2D eigenvalue weighted by molar-refractivity contribution is 5.92. The van der Waals surface area contributed by atoms with E-state index < -0.39 is 0 Å². The molecule has 0 aromatic heterocycles. The molecule has 0 aliphatic carbocycles. The Bertz CT molecular complexity index is 598. The molecule has 6 heteroatoms. The van der Waals surface area contributed by atoms with Crippen LogP contribution in [-0.4, -0.2) is 54.3 Å². The Balaban J connectivity index is 2.71. The van der Waals surface area contributed by atoms with Crippen LogP contribution in [-0.2, 0) is 14.3 Å². The standard InChI is InChI=1S/C20H29NO5/c1-4-25-20(24)11-13-21(12-6-14-22)19(23)10-9-17-7-5-8-18(15-17)26-16(2)3/h5,7-10,15-16,22H,4,6,11-14H2,1-3H3/b10-9+. The molecule has 26 heavy (non-hydrogen) atoms. The molecule has 0 bridgehead atoms. The van der Waals surface area contributed by atoms with Crippen molar-refractivity contribution < 1.29 is 24.2 Å². The van der Waals surface area contributed by atoms with Gasteiger partial charge >= 0.3 is 5.97 Å². The highest BCUT2D eigenvalue weighted by Crippen LogP contribution is 2.16. The summed E-state index contributed by atoms with van der Waals surface area (Å²) in [6.07, 6.45) is 3.85. The molecule has 0 saturated heterocycles. The molecular weight excluding hydrogens is 334 g/mol. The monoisotopic (exact) mass is 363 g/mol. The number of nitrogens with zero attached hydrogens (tertiary/aromatic N) is 1. The highest BCUT2D eigenvalue weighted by Gasteiger charge is 2.13. The molecule has 144 valence electrons. The van der Waals surface area contributed by atoms with E-state index in [1.807, 2.05) is 38.1 Å². The molecule has 1 aromatic carbocycles. The van der Waals surface area contributed by atoms with Crippen LogP contribution < -0.4 is 4.74 Å². The first-order valence-corrected chi connectivity index (χ1v) is 8.96. The van der Waals surface area contributed by atoms with Gasteiger partial charge in [0.2, 0.25) is 5.91 Å². The van der Waals surface area contributed by atoms with Crippen LogP contribution in [0.4, 0.5) is 0 Å². The zero-order chi connectivity index (χ0) is 19.4. The van der Waals surface area contributed by atoms with Crippen molar-refractivity contribution in [1.82, 2.24) is 4.90 Å². The summed E-state index contributed by atoms with van der Waals surface area (Å²) < 4.78 is 10.5. The fourth-order valence-electron chi connectivity index (χ4n) is 2.29. The Hall–Kier alpha value is -2.34. The van der Waals surface area contributed by atoms with Crippen LogP contribution in [0, 0.1) is 0 Å². The summed E-state index contributed by atoms with van der Waals surface area (Å²) in [5.41, 5.74) is 0.851. The van der Waals surface area contributed by atoms with Gasteiger partial charge in [-0.25, -0.2) is 0 Å². The third-order valence-corrected chi connectivity index (χ3v) is 3.44. The van der Waals surface area contributed by atoms with E-state index in [9.17, 15) is 9.59 Å². The van der Waals surface area contributed by atoms with Crippen molar-refractivity contribution in [3.63, 3.8) is 0 Å². The van der Waals surface area contributed by atoms with Crippen LogP contribution in [0.25, 0.3) is 6.08 Å². The van der Waals surface area contributed by atoms with Gasteiger partial charge in [-0.3, -0.25) is 9.59 Å². The molecule has 1 aromatic rings. The van der Waals surface area contributed by atoms with Gasteiger partial charge in [0.25, 0.3) is 0 Å². The minimum absolute atomic E-state index is 0.0124. The molecule has 0 aliphatic rings. The van der Waals surface area contributed by atoms with Crippen LogP contribution in [0.2, 0.25) is 0 Å². The Morgan fingerprint density at radius 3 is 2.69 bits per heavy atom. The van der Waals surface area contributed by atoms with Crippen molar-refractivity contribution in [3.8, 4) is 5.75 Å². The molecule has 0 saturated carbocycles.